The van der Waals surface area contributed by atoms with Gasteiger partial charge in [0.2, 0.25) is 0 Å². The Morgan fingerprint density at radius 2 is 2.04 bits per heavy atom. The van der Waals surface area contributed by atoms with Crippen LogP contribution in [0.15, 0.2) is 36.5 Å². The molecule has 2 unspecified atom stereocenters. The molecule has 0 spiro atoms. The molecule has 5 rings (SSSR count). The number of aliphatic hydroxyl groups is 1. The molecule has 1 aromatic carbocycles. The van der Waals surface area contributed by atoms with Crippen molar-refractivity contribution < 1.29 is 5.11 Å². The highest BCUT2D eigenvalue weighted by molar-refractivity contribution is 5.82. The minimum atomic E-state index is -0.531. The maximum atomic E-state index is 10.9. The molecule has 1 N–H and O–H groups in total. The molecule has 2 aromatic heterocycles. The summed E-state index contributed by atoms with van der Waals surface area (Å²) in [7, 11) is 0. The van der Waals surface area contributed by atoms with Crippen molar-refractivity contribution >= 4 is 11.0 Å². The lowest BCUT2D eigenvalue weighted by molar-refractivity contribution is 0.133. The molecule has 0 radical (unpaired) electrons. The van der Waals surface area contributed by atoms with Crippen LogP contribution in [0.4, 0.5) is 0 Å². The number of aromatic nitrogens is 3. The highest BCUT2D eigenvalue weighted by Gasteiger charge is 2.35. The second kappa shape index (κ2) is 6.73. The van der Waals surface area contributed by atoms with E-state index in [0.717, 1.165) is 35.4 Å². The molecule has 5 nitrogen and oxygen atoms in total. The maximum Gasteiger partial charge on any atom is 0.126 e. The van der Waals surface area contributed by atoms with Gasteiger partial charge in [-0.1, -0.05) is 36.8 Å². The van der Waals surface area contributed by atoms with E-state index in [4.69, 9.17) is 4.98 Å². The Balaban J connectivity index is 1.63. The highest BCUT2D eigenvalue weighted by Crippen LogP contribution is 2.41. The van der Waals surface area contributed by atoms with E-state index in [1.807, 2.05) is 43.5 Å². The highest BCUT2D eigenvalue weighted by atomic mass is 16.3. The van der Waals surface area contributed by atoms with Crippen molar-refractivity contribution in [1.29, 1.82) is 0 Å². The van der Waals surface area contributed by atoms with Gasteiger partial charge in [-0.2, -0.15) is 0 Å². The predicted molar refractivity (Wildman–Crippen MR) is 106 cm³/mol. The van der Waals surface area contributed by atoms with E-state index in [1.54, 1.807) is 0 Å². The van der Waals surface area contributed by atoms with Crippen LogP contribution in [-0.2, 0) is 13.0 Å². The molecule has 2 aliphatic rings. The van der Waals surface area contributed by atoms with Crippen molar-refractivity contribution in [2.24, 2.45) is 0 Å². The van der Waals surface area contributed by atoms with Crippen molar-refractivity contribution in [3.8, 4) is 0 Å². The minimum Gasteiger partial charge on any atom is -0.387 e. The third-order valence-corrected chi connectivity index (χ3v) is 6.20. The molecular formula is C22H26N4O. The van der Waals surface area contributed by atoms with Gasteiger partial charge in [-0.25, -0.2) is 9.97 Å². The van der Waals surface area contributed by atoms with E-state index in [2.05, 4.69) is 14.5 Å². The lowest BCUT2D eigenvalue weighted by Crippen LogP contribution is -2.39. The van der Waals surface area contributed by atoms with E-state index in [1.165, 1.54) is 37.1 Å². The van der Waals surface area contributed by atoms with Crippen LogP contribution in [0.3, 0.4) is 0 Å². The van der Waals surface area contributed by atoms with Crippen LogP contribution >= 0.6 is 0 Å². The zero-order chi connectivity index (χ0) is 18.4. The fourth-order valence-corrected chi connectivity index (χ4v) is 4.90. The number of piperidine rings is 1. The lowest BCUT2D eigenvalue weighted by atomic mass is 9.90. The summed E-state index contributed by atoms with van der Waals surface area (Å²) in [5.74, 6) is 0.819. The van der Waals surface area contributed by atoms with Crippen molar-refractivity contribution in [2.45, 2.75) is 51.3 Å². The Kier molecular flexibility index (Phi) is 4.21. The fraction of sp³-hybridized carbons (Fsp3) is 0.455. The number of benzene rings is 1. The van der Waals surface area contributed by atoms with Gasteiger partial charge in [-0.3, -0.25) is 4.90 Å². The van der Waals surface area contributed by atoms with Gasteiger partial charge < -0.3 is 9.67 Å². The van der Waals surface area contributed by atoms with E-state index >= 15 is 0 Å². The van der Waals surface area contributed by atoms with Crippen LogP contribution in [0.2, 0.25) is 0 Å². The van der Waals surface area contributed by atoms with E-state index in [9.17, 15) is 5.11 Å². The molecule has 27 heavy (non-hydrogen) atoms. The van der Waals surface area contributed by atoms with Crippen molar-refractivity contribution in [3.05, 3.63) is 59.2 Å². The van der Waals surface area contributed by atoms with Gasteiger partial charge >= 0.3 is 0 Å². The topological polar surface area (TPSA) is 54.2 Å². The van der Waals surface area contributed by atoms with E-state index in [0.29, 0.717) is 12.6 Å². The number of fused-ring (bicyclic) bond motifs is 5. The summed E-state index contributed by atoms with van der Waals surface area (Å²) in [6.07, 6.45) is 6.21. The Morgan fingerprint density at radius 3 is 2.89 bits per heavy atom. The third-order valence-electron chi connectivity index (χ3n) is 6.20. The van der Waals surface area contributed by atoms with E-state index in [-0.39, 0.29) is 0 Å². The molecular weight excluding hydrogens is 336 g/mol. The normalized spacial score (nSPS) is 21.0. The van der Waals surface area contributed by atoms with Crippen molar-refractivity contribution in [2.75, 3.05) is 13.1 Å². The van der Waals surface area contributed by atoms with Gasteiger partial charge in [0, 0.05) is 30.3 Å². The van der Waals surface area contributed by atoms with Crippen LogP contribution < -0.4 is 0 Å². The number of aliphatic hydroxyl groups excluding tert-OH is 1. The molecule has 0 bridgehead atoms. The summed E-state index contributed by atoms with van der Waals surface area (Å²) < 4.78 is 2.29. The largest absolute Gasteiger partial charge is 0.387 e. The molecule has 1 fully saturated rings. The molecule has 1 saturated heterocycles. The van der Waals surface area contributed by atoms with Gasteiger partial charge in [0.25, 0.3) is 0 Å². The quantitative estimate of drug-likeness (QED) is 0.774. The van der Waals surface area contributed by atoms with Crippen molar-refractivity contribution in [3.63, 3.8) is 0 Å². The first-order valence-electron chi connectivity index (χ1n) is 10.0. The molecule has 2 aliphatic heterocycles. The van der Waals surface area contributed by atoms with Crippen LogP contribution in [0, 0.1) is 6.92 Å². The van der Waals surface area contributed by atoms with E-state index < -0.39 is 6.10 Å². The average Bonchev–Trinajstić information content (AvgIpc) is 3.02. The third kappa shape index (κ3) is 2.86. The molecule has 0 aliphatic carbocycles. The van der Waals surface area contributed by atoms with Crippen LogP contribution in [0.5, 0.6) is 0 Å². The second-order valence-corrected chi connectivity index (χ2v) is 7.85. The average molecular weight is 362 g/mol. The van der Waals surface area contributed by atoms with Crippen molar-refractivity contribution in [1.82, 2.24) is 19.4 Å². The summed E-state index contributed by atoms with van der Waals surface area (Å²) in [5.41, 5.74) is 5.85. The first-order valence-corrected chi connectivity index (χ1v) is 10.0. The molecule has 3 aromatic rings. The Hall–Kier alpha value is -2.24. The number of hydrogen-bond acceptors (Lipinski definition) is 4. The minimum absolute atomic E-state index is 0.467. The summed E-state index contributed by atoms with van der Waals surface area (Å²) >= 11 is 0. The van der Waals surface area contributed by atoms with Gasteiger partial charge in [0.05, 0.1) is 29.9 Å². The van der Waals surface area contributed by atoms with Gasteiger partial charge in [-0.05, 0) is 31.9 Å². The number of rotatable bonds is 3. The first-order chi connectivity index (χ1) is 13.2. The van der Waals surface area contributed by atoms with Gasteiger partial charge in [0.15, 0.2) is 0 Å². The second-order valence-electron chi connectivity index (χ2n) is 7.85. The number of nitrogens with zero attached hydrogens (tertiary/aromatic N) is 4. The van der Waals surface area contributed by atoms with Crippen LogP contribution in [-0.4, -0.2) is 37.6 Å². The Bertz CT molecular complexity index is 965. The van der Waals surface area contributed by atoms with Crippen LogP contribution in [0.25, 0.3) is 11.0 Å². The number of aryl methyl sites for hydroxylation is 1. The SMILES string of the molecule is Cc1ncc2c(n1)c1c(n2CC(O)c2ccccc2)CCN2CCCCC12. The molecule has 0 amide bonds. The fourth-order valence-electron chi connectivity index (χ4n) is 4.90. The zero-order valence-electron chi connectivity index (χ0n) is 15.8. The molecule has 5 heteroatoms. The maximum absolute atomic E-state index is 10.9. The summed E-state index contributed by atoms with van der Waals surface area (Å²) in [6, 6.07) is 10.4. The molecule has 0 saturated carbocycles. The van der Waals surface area contributed by atoms with Crippen LogP contribution in [0.1, 0.15) is 54.1 Å². The first kappa shape index (κ1) is 16.9. The van der Waals surface area contributed by atoms with Gasteiger partial charge in [0.1, 0.15) is 5.82 Å². The van der Waals surface area contributed by atoms with Gasteiger partial charge in [-0.15, -0.1) is 0 Å². The lowest BCUT2D eigenvalue weighted by Gasteiger charge is -2.39. The molecule has 2 atom stereocenters. The Morgan fingerprint density at radius 1 is 1.19 bits per heavy atom. The standard InChI is InChI=1S/C22H26N4O/c1-15-23-13-19-22(24-15)21-17-9-5-6-11-25(17)12-10-18(21)26(19)14-20(27)16-7-3-2-4-8-16/h2-4,7-8,13,17,20,27H,5-6,9-12,14H2,1H3. The monoisotopic (exact) mass is 362 g/mol. The predicted octanol–water partition coefficient (Wildman–Crippen LogP) is 3.56. The summed E-state index contributed by atoms with van der Waals surface area (Å²) in [4.78, 5) is 11.9. The summed E-state index contributed by atoms with van der Waals surface area (Å²) in [6.45, 7) is 4.80. The smallest absolute Gasteiger partial charge is 0.126 e. The number of hydrogen-bond donors (Lipinski definition) is 1. The summed E-state index contributed by atoms with van der Waals surface area (Å²) in [5, 5.41) is 10.9. The Labute approximate surface area is 159 Å². The zero-order valence-corrected chi connectivity index (χ0v) is 15.8. The molecule has 140 valence electrons. The molecule has 4 heterocycles.